The predicted molar refractivity (Wildman–Crippen MR) is 163 cm³/mol. The molecule has 1 N–H and O–H groups in total. The fraction of sp³-hybridized carbons (Fsp3) is 0.267. The van der Waals surface area contributed by atoms with Crippen molar-refractivity contribution in [3.63, 3.8) is 0 Å². The number of morpholine rings is 1. The Balaban J connectivity index is 1.51. The maximum atomic E-state index is 13.6. The number of likely N-dealkylation sites (N-methyl/N-ethyl adjacent to an activating group) is 1. The number of rotatable bonds is 11. The lowest BCUT2D eigenvalue weighted by Gasteiger charge is -2.29. The number of amides is 2. The molecule has 0 spiro atoms. The maximum absolute atomic E-state index is 13.6. The zero-order valence-electron chi connectivity index (χ0n) is 24.6. The zero-order chi connectivity index (χ0) is 31.9. The molecule has 2 aromatic carbocycles. The minimum absolute atomic E-state index is 0.00146. The van der Waals surface area contributed by atoms with Gasteiger partial charge >= 0.3 is 12.5 Å². The lowest BCUT2D eigenvalue weighted by atomic mass is 10.1. The Hall–Kier alpha value is -5.53. The summed E-state index contributed by atoms with van der Waals surface area (Å²) in [5.41, 5.74) is 3.04. The summed E-state index contributed by atoms with van der Waals surface area (Å²) in [7, 11) is 3.63. The molecule has 0 saturated carbocycles. The Labute approximate surface area is 256 Å². The van der Waals surface area contributed by atoms with Crippen LogP contribution in [0.5, 0.6) is 5.75 Å². The van der Waals surface area contributed by atoms with Crippen molar-refractivity contribution in [2.45, 2.75) is 6.61 Å². The molecule has 0 unspecified atom stereocenters. The van der Waals surface area contributed by atoms with Gasteiger partial charge in [0.05, 0.1) is 23.7 Å². The summed E-state index contributed by atoms with van der Waals surface area (Å²) in [6.07, 6.45) is 4.47. The van der Waals surface area contributed by atoms with Crippen LogP contribution in [0, 0.1) is 0 Å². The van der Waals surface area contributed by atoms with E-state index in [9.17, 15) is 18.4 Å². The average Bonchev–Trinajstić information content (AvgIpc) is 3.37. The predicted octanol–water partition coefficient (Wildman–Crippen LogP) is 4.59. The smallest absolute Gasteiger partial charge is 0.387 e. The standard InChI is InChI=1S/C30H29F2N9O4/c1-4-27(42)37-38-36-22-15-23(26(45-29(31)32)16-25(22)39(2)11-12-41-13-14-44-18-28(41)43)35-30-33-10-9-21(34-30)20-17-40(3)24-8-6-5-7-19(20)24/h4-10,15-17,29H,1,11-14,18H2,2-3H3/p+1. The first-order valence-electron chi connectivity index (χ1n) is 13.9. The van der Waals surface area contributed by atoms with Gasteiger partial charge in [0, 0.05) is 80.8 Å². The minimum atomic E-state index is -3.15. The van der Waals surface area contributed by atoms with E-state index in [0.717, 1.165) is 22.5 Å². The number of fused-ring (bicyclic) bond motifs is 1. The number of hydrogen-bond acceptors (Lipinski definition) is 9. The summed E-state index contributed by atoms with van der Waals surface area (Å²) in [4.78, 5) is 39.7. The van der Waals surface area contributed by atoms with Crippen molar-refractivity contribution in [3.05, 3.63) is 67.5 Å². The molecule has 13 nitrogen and oxygen atoms in total. The molecule has 232 valence electrons. The second kappa shape index (κ2) is 13.8. The Morgan fingerprint density at radius 3 is 2.91 bits per heavy atom. The van der Waals surface area contributed by atoms with Gasteiger partial charge in [0.25, 0.3) is 0 Å². The number of carbonyl (C=O) groups excluding carboxylic acids is 2. The monoisotopic (exact) mass is 618 g/mol. The van der Waals surface area contributed by atoms with E-state index in [2.05, 4.69) is 37.0 Å². The third-order valence-electron chi connectivity index (χ3n) is 7.04. The first-order chi connectivity index (χ1) is 21.7. The molecule has 1 aliphatic rings. The number of benzene rings is 2. The van der Waals surface area contributed by atoms with Gasteiger partial charge in [-0.05, 0) is 12.1 Å². The largest absolute Gasteiger partial charge is 0.433 e. The summed E-state index contributed by atoms with van der Waals surface area (Å²) >= 11 is 0. The van der Waals surface area contributed by atoms with Gasteiger partial charge < -0.3 is 29.2 Å². The first kappa shape index (κ1) is 30.9. The number of alkyl halides is 2. The third kappa shape index (κ3) is 7.34. The van der Waals surface area contributed by atoms with Gasteiger partial charge in [0.15, 0.2) is 16.6 Å². The molecule has 0 atom stereocenters. The number of hydrogen-bond donors (Lipinski definition) is 1. The van der Waals surface area contributed by atoms with Crippen molar-refractivity contribution in [1.29, 1.82) is 0 Å². The highest BCUT2D eigenvalue weighted by Crippen LogP contribution is 2.40. The van der Waals surface area contributed by atoms with E-state index in [0.29, 0.717) is 37.6 Å². The number of anilines is 3. The average molecular weight is 619 g/mol. The first-order valence-corrected chi connectivity index (χ1v) is 13.9. The van der Waals surface area contributed by atoms with Gasteiger partial charge in [-0.2, -0.15) is 8.78 Å². The van der Waals surface area contributed by atoms with Crippen LogP contribution in [-0.2, 0) is 21.4 Å². The van der Waals surface area contributed by atoms with E-state index in [1.807, 2.05) is 42.1 Å². The van der Waals surface area contributed by atoms with Crippen molar-refractivity contribution in [2.75, 3.05) is 50.1 Å². The Morgan fingerprint density at radius 2 is 2.13 bits per heavy atom. The zero-order valence-corrected chi connectivity index (χ0v) is 24.6. The van der Waals surface area contributed by atoms with Crippen LogP contribution in [0.25, 0.3) is 22.2 Å². The normalized spacial score (nSPS) is 13.0. The van der Waals surface area contributed by atoms with Crippen molar-refractivity contribution in [1.82, 2.24) is 24.3 Å². The molecule has 3 heterocycles. The number of ether oxygens (including phenoxy) is 2. The number of para-hydroxylation sites is 1. The van der Waals surface area contributed by atoms with Crippen LogP contribution < -0.4 is 19.9 Å². The van der Waals surface area contributed by atoms with Crippen LogP contribution in [0.4, 0.5) is 31.8 Å². The Morgan fingerprint density at radius 1 is 1.31 bits per heavy atom. The molecule has 4 aromatic rings. The fourth-order valence-corrected chi connectivity index (χ4v) is 4.80. The molecule has 0 radical (unpaired) electrons. The van der Waals surface area contributed by atoms with Crippen molar-refractivity contribution in [3.8, 4) is 17.0 Å². The van der Waals surface area contributed by atoms with E-state index in [1.165, 1.54) is 12.1 Å². The van der Waals surface area contributed by atoms with Crippen LogP contribution in [0.3, 0.4) is 0 Å². The van der Waals surface area contributed by atoms with Crippen LogP contribution in [0.1, 0.15) is 0 Å². The Bertz CT molecular complexity index is 1800. The number of nitrogens with zero attached hydrogens (tertiary/aromatic N) is 8. The molecular formula is C30H30F2N9O4+. The van der Waals surface area contributed by atoms with E-state index >= 15 is 0 Å². The quantitative estimate of drug-likeness (QED) is 0.146. The van der Waals surface area contributed by atoms with Gasteiger partial charge in [-0.1, -0.05) is 24.8 Å². The number of halogens is 2. The lowest BCUT2D eigenvalue weighted by Crippen LogP contribution is -2.44. The molecule has 45 heavy (non-hydrogen) atoms. The highest BCUT2D eigenvalue weighted by molar-refractivity contribution is 5.95. The van der Waals surface area contributed by atoms with Crippen molar-refractivity contribution < 1.29 is 27.8 Å². The summed E-state index contributed by atoms with van der Waals surface area (Å²) in [6, 6.07) is 12.4. The maximum Gasteiger partial charge on any atom is 0.387 e. The molecule has 2 amide bonds. The fourth-order valence-electron chi connectivity index (χ4n) is 4.80. The molecule has 1 saturated heterocycles. The van der Waals surface area contributed by atoms with E-state index in [1.54, 1.807) is 29.1 Å². The highest BCUT2D eigenvalue weighted by Gasteiger charge is 2.23. The highest BCUT2D eigenvalue weighted by atomic mass is 19.3. The molecule has 15 heteroatoms. The van der Waals surface area contributed by atoms with Crippen LogP contribution in [-0.4, -0.2) is 77.8 Å². The second-order valence-corrected chi connectivity index (χ2v) is 9.96. The summed E-state index contributed by atoms with van der Waals surface area (Å²) < 4.78 is 39.3. The summed E-state index contributed by atoms with van der Waals surface area (Å²) in [5.74, 6) is -0.968. The minimum Gasteiger partial charge on any atom is -0.433 e. The topological polar surface area (TPSA) is 141 Å². The second-order valence-electron chi connectivity index (χ2n) is 9.96. The van der Waals surface area contributed by atoms with Crippen LogP contribution in [0.15, 0.2) is 77.7 Å². The number of carbonyl (C=O) groups is 2. The number of nitrogens with one attached hydrogen (secondary N) is 1. The van der Waals surface area contributed by atoms with E-state index < -0.39 is 12.5 Å². The van der Waals surface area contributed by atoms with E-state index in [-0.39, 0.29) is 35.6 Å². The number of aromatic nitrogens is 3. The third-order valence-corrected chi connectivity index (χ3v) is 7.04. The van der Waals surface area contributed by atoms with Crippen molar-refractivity contribution in [2.24, 2.45) is 17.3 Å². The van der Waals surface area contributed by atoms with Crippen LogP contribution in [0.2, 0.25) is 0 Å². The molecular weight excluding hydrogens is 588 g/mol. The van der Waals surface area contributed by atoms with E-state index in [4.69, 9.17) is 9.47 Å². The summed E-state index contributed by atoms with van der Waals surface area (Å²) in [5, 5.41) is 11.5. The van der Waals surface area contributed by atoms with Gasteiger partial charge in [-0.15, -0.1) is 0 Å². The molecule has 5 rings (SSSR count). The van der Waals surface area contributed by atoms with Gasteiger partial charge in [-0.3, -0.25) is 9.59 Å². The Kier molecular flexibility index (Phi) is 9.51. The molecule has 0 aliphatic carbocycles. The van der Waals surface area contributed by atoms with Gasteiger partial charge in [0.2, 0.25) is 21.9 Å². The van der Waals surface area contributed by atoms with Gasteiger partial charge in [0.1, 0.15) is 6.61 Å². The van der Waals surface area contributed by atoms with Gasteiger partial charge in [-0.25, -0.2) is 9.97 Å². The SMILES string of the molecule is C=CC(=O)N=[N+]=Nc1cc(Nc2nccc(-c3cn(C)c4ccccc34)n2)c(OC(F)F)cc1N(C)CCN1CCOCC1=O. The van der Waals surface area contributed by atoms with Crippen molar-refractivity contribution >= 4 is 45.7 Å². The molecule has 1 aliphatic heterocycles. The molecule has 0 bridgehead atoms. The molecule has 2 aromatic heterocycles. The molecule has 1 fully saturated rings. The number of aryl methyl sites for hydroxylation is 1. The summed E-state index contributed by atoms with van der Waals surface area (Å²) in [6.45, 7) is 1.71. The van der Waals surface area contributed by atoms with Crippen LogP contribution >= 0.6 is 0 Å². The lowest BCUT2D eigenvalue weighted by molar-refractivity contribution is -0.142.